The summed E-state index contributed by atoms with van der Waals surface area (Å²) in [5.74, 6) is 7.20. The number of carbonyl (C=O) groups excluding carboxylic acids is 2. The Hall–Kier alpha value is -14.6. The summed E-state index contributed by atoms with van der Waals surface area (Å²) in [6.45, 7) is 20.1. The van der Waals surface area contributed by atoms with Crippen molar-refractivity contribution < 1.29 is 66.4 Å². The molecule has 0 unspecified atom stereocenters. The predicted octanol–water partition coefficient (Wildman–Crippen LogP) is 28.2. The Kier molecular flexibility index (Phi) is 26.8. The Morgan fingerprint density at radius 2 is 0.736 bits per heavy atom. The Labute approximate surface area is 760 Å². The van der Waals surface area contributed by atoms with E-state index in [4.69, 9.17) is 58.2 Å². The first kappa shape index (κ1) is 89.2. The summed E-state index contributed by atoms with van der Waals surface area (Å²) in [7, 11) is 0. The number of ether oxygens (including phenoxy) is 1. The summed E-state index contributed by atoms with van der Waals surface area (Å²) in [6, 6.07) is 103. The van der Waals surface area contributed by atoms with E-state index in [0.29, 0.717) is 23.3 Å². The van der Waals surface area contributed by atoms with Gasteiger partial charge in [0, 0.05) is 96.2 Å². The monoisotopic (exact) mass is 1880 g/mol. The van der Waals surface area contributed by atoms with Crippen LogP contribution in [0.25, 0.3) is 166 Å². The van der Waals surface area contributed by atoms with Gasteiger partial charge >= 0.3 is 11.9 Å². The fraction of sp³-hybridized carbons (Fsp3) is 0.173. The van der Waals surface area contributed by atoms with Crippen molar-refractivity contribution in [2.45, 2.75) is 119 Å². The van der Waals surface area contributed by atoms with E-state index in [0.717, 1.165) is 188 Å². The standard InChI is InChI=1S/C34H33N3O.C34H32N3O.C15H12O3.C13H10N2O2.C13H8O3.CH4.Ir/c2*1-5-6-20-34(3,4)33-36-35-32(26-17-19-31-28(22-26)27-14-10-11-15-30(27)38-31)37(33)29-18-16-25(21-23(29)2)24-12-8-7-9-13-24;1-2-17-15(16)10-7-8-14-12(9-10)11-5-3-4-6-13(11)18-14;14-15-13(16)8-5-6-12-10(7-8)9-3-1-2-4-11(9)17-12;14-13(15)8-5-6-12-10(7-8)9-3-1-2-4-11(9)16-12;;/h7-19,21-22H,5-6,20H2,1-4H3;7-16,18-19,21-22H,5-6,20H2,1-4H3;3-9H,2H2,1H3;1-7H,14H2,(H,15,16);1-7H,(H,14,15);1H4;/q;-1;;;;;. The summed E-state index contributed by atoms with van der Waals surface area (Å²) in [6.07, 6.45) is 6.67. The van der Waals surface area contributed by atoms with Gasteiger partial charge in [-0.25, -0.2) is 15.4 Å². The van der Waals surface area contributed by atoms with Gasteiger partial charge in [0.25, 0.3) is 5.91 Å². The van der Waals surface area contributed by atoms with E-state index >= 15 is 0 Å². The van der Waals surface area contributed by atoms with Crippen LogP contribution < -0.4 is 11.3 Å². The molecule has 7 aromatic heterocycles. The number of nitrogens with one attached hydrogen (secondary N) is 1. The van der Waals surface area contributed by atoms with E-state index in [9.17, 15) is 14.4 Å². The van der Waals surface area contributed by atoms with Gasteiger partial charge in [-0.15, -0.1) is 39.1 Å². The fourth-order valence-electron chi connectivity index (χ4n) is 16.7. The minimum atomic E-state index is -0.924. The number of amides is 1. The van der Waals surface area contributed by atoms with E-state index in [1.54, 1.807) is 49.4 Å². The zero-order valence-electron chi connectivity index (χ0n) is 72.5. The molecule has 129 heavy (non-hydrogen) atoms. The number of para-hydroxylation sites is 5. The van der Waals surface area contributed by atoms with Gasteiger partial charge in [-0.3, -0.25) is 14.8 Å². The van der Waals surface area contributed by atoms with Crippen LogP contribution in [0.15, 0.2) is 325 Å². The maximum absolute atomic E-state index is 11.7. The van der Waals surface area contributed by atoms with E-state index in [1.165, 1.54) is 33.4 Å². The molecule has 14 aromatic carbocycles. The van der Waals surface area contributed by atoms with Crippen molar-refractivity contribution in [2.75, 3.05) is 6.61 Å². The predicted molar refractivity (Wildman–Crippen MR) is 515 cm³/mol. The third-order valence-electron chi connectivity index (χ3n) is 23.4. The second kappa shape index (κ2) is 38.7. The Morgan fingerprint density at radius 3 is 1.16 bits per heavy atom. The van der Waals surface area contributed by atoms with Gasteiger partial charge in [0.2, 0.25) is 0 Å². The number of aryl methyl sites for hydroxylation is 2. The van der Waals surface area contributed by atoms with Gasteiger partial charge in [0.15, 0.2) is 5.82 Å². The molecule has 0 aliphatic heterocycles. The number of hydrazine groups is 1. The Bertz CT molecular complexity index is 7380. The number of hydrogen-bond acceptors (Lipinski definition) is 14. The van der Waals surface area contributed by atoms with Gasteiger partial charge in [0.1, 0.15) is 61.9 Å². The molecule has 0 fully saturated rings. The molecule has 0 saturated carbocycles. The Balaban J connectivity index is 0.000000130. The number of carbonyl (C=O) groups is 3. The summed E-state index contributed by atoms with van der Waals surface area (Å²) >= 11 is 0. The van der Waals surface area contributed by atoms with E-state index in [2.05, 4.69) is 216 Å². The number of benzene rings is 14. The average molecular weight is 1890 g/mol. The molecule has 1 radical (unpaired) electrons. The van der Waals surface area contributed by atoms with Crippen LogP contribution in [0.2, 0.25) is 0 Å². The average Bonchev–Trinajstić information content (AvgIpc) is 1.63. The third kappa shape index (κ3) is 18.4. The molecule has 21 rings (SSSR count). The Morgan fingerprint density at radius 1 is 0.388 bits per heavy atom. The summed E-state index contributed by atoms with van der Waals surface area (Å²) < 4.78 is 38.6. The number of rotatable bonds is 18. The summed E-state index contributed by atoms with van der Waals surface area (Å²) in [5, 5.41) is 38.2. The van der Waals surface area contributed by atoms with Crippen LogP contribution in [0.4, 0.5) is 0 Å². The van der Waals surface area contributed by atoms with Crippen LogP contribution in [0.1, 0.15) is 148 Å². The first-order chi connectivity index (χ1) is 61.8. The number of carboxylic acids is 1. The molecule has 21 aromatic rings. The molecule has 7 heterocycles. The van der Waals surface area contributed by atoms with Crippen LogP contribution in [0.5, 0.6) is 0 Å². The maximum atomic E-state index is 11.7. The number of esters is 1. The number of carboxylic acid groups (broad SMARTS) is 1. The number of nitrogen functional groups attached to an aromatic ring is 1. The number of aromatic carboxylic acids is 1. The van der Waals surface area contributed by atoms with Crippen molar-refractivity contribution in [2.24, 2.45) is 5.84 Å². The van der Waals surface area contributed by atoms with Gasteiger partial charge in [-0.2, -0.15) is 5.10 Å². The number of unbranched alkanes of at least 4 members (excludes halogenated alkanes) is 2. The topological polar surface area (TPSA) is 246 Å². The second-order valence-corrected chi connectivity index (χ2v) is 33.0. The first-order valence-corrected chi connectivity index (χ1v) is 42.9. The van der Waals surface area contributed by atoms with E-state index in [1.807, 2.05) is 121 Å². The molecule has 0 aliphatic rings. The molecule has 0 aliphatic carbocycles. The van der Waals surface area contributed by atoms with Crippen molar-refractivity contribution in [3.63, 3.8) is 0 Å². The maximum Gasteiger partial charge on any atom is 0.338 e. The number of hydrogen-bond donors (Lipinski definition) is 3. The number of fused-ring (bicyclic) bond motifs is 15. The largest absolute Gasteiger partial charge is 0.500 e. The van der Waals surface area contributed by atoms with Crippen LogP contribution >= 0.6 is 0 Å². The minimum Gasteiger partial charge on any atom is -0.500 e. The van der Waals surface area contributed by atoms with Crippen molar-refractivity contribution >= 4 is 128 Å². The zero-order chi connectivity index (χ0) is 88.0. The molecule has 1 amide bonds. The first-order valence-electron chi connectivity index (χ1n) is 42.9. The van der Waals surface area contributed by atoms with Crippen LogP contribution in [0, 0.1) is 19.9 Å². The van der Waals surface area contributed by atoms with Gasteiger partial charge in [-0.05, 0) is 194 Å². The van der Waals surface area contributed by atoms with Crippen molar-refractivity contribution in [3.05, 3.63) is 349 Å². The molecule has 19 heteroatoms. The molecule has 0 saturated heterocycles. The van der Waals surface area contributed by atoms with Crippen molar-refractivity contribution in [1.82, 2.24) is 35.0 Å². The molecular weight excluding hydrogens is 1790 g/mol. The van der Waals surface area contributed by atoms with Crippen molar-refractivity contribution in [3.8, 4) is 56.4 Å². The third-order valence-corrected chi connectivity index (χ3v) is 23.4. The SMILES string of the molecule is C.CCCCC(C)(C)c1nnc(-c2[c-]cc3oc4ccccc4c3c2)n1-c1ccc(-c2ccccc2)cc1C.CCCCC(C)(C)c1nnc(-c2ccc3oc4ccccc4c3c2)n1-c1ccc(-c2ccccc2)cc1C.CCOC(=O)c1ccc2oc3ccccc3c2c1.NNC(=O)c1ccc2oc3ccccc3c2c1.O=C(O)c1ccc2oc3ccccc3c2c1.[Ir]. The normalized spacial score (nSPS) is 11.4. The molecule has 18 nitrogen and oxygen atoms in total. The van der Waals surface area contributed by atoms with Gasteiger partial charge < -0.3 is 36.5 Å². The van der Waals surface area contributed by atoms with E-state index in [-0.39, 0.29) is 55.8 Å². The molecule has 0 bridgehead atoms. The van der Waals surface area contributed by atoms with Crippen LogP contribution in [-0.2, 0) is 35.7 Å². The van der Waals surface area contributed by atoms with Crippen LogP contribution in [0.3, 0.4) is 0 Å². The number of nitrogens with two attached hydrogens (primary N) is 1. The van der Waals surface area contributed by atoms with Gasteiger partial charge in [0.05, 0.1) is 34.8 Å². The number of aromatic nitrogens is 6. The molecule has 649 valence electrons. The number of nitrogens with zero attached hydrogens (tertiary/aromatic N) is 6. The molecule has 4 N–H and O–H groups in total. The number of furan rings is 5. The van der Waals surface area contributed by atoms with Crippen molar-refractivity contribution in [1.29, 1.82) is 0 Å². The molecular formula is C110H99IrN8O10-. The van der Waals surface area contributed by atoms with Gasteiger partial charge in [-0.1, -0.05) is 244 Å². The minimum absolute atomic E-state index is 0. The molecule has 0 atom stereocenters. The quantitative estimate of drug-likeness (QED) is 0.0238. The summed E-state index contributed by atoms with van der Waals surface area (Å²) in [5.41, 5.74) is 22.7. The van der Waals surface area contributed by atoms with E-state index < -0.39 is 5.97 Å². The smallest absolute Gasteiger partial charge is 0.338 e. The second-order valence-electron chi connectivity index (χ2n) is 33.0. The van der Waals surface area contributed by atoms with Crippen LogP contribution in [-0.4, -0.2) is 59.1 Å². The molecule has 0 spiro atoms. The fourth-order valence-corrected chi connectivity index (χ4v) is 16.7. The summed E-state index contributed by atoms with van der Waals surface area (Å²) in [4.78, 5) is 34.0. The zero-order valence-corrected chi connectivity index (χ0v) is 74.9.